The number of amides is 1. The molecule has 1 aromatic rings. The number of nitrogens with one attached hydrogen (secondary N) is 1. The minimum atomic E-state index is -0.370. The number of nitrogens with two attached hydrogens (primary N) is 1. The second-order valence-electron chi connectivity index (χ2n) is 5.40. The van der Waals surface area contributed by atoms with Gasteiger partial charge in [0.25, 0.3) is 0 Å². The topological polar surface area (TPSA) is 72.9 Å². The fraction of sp³-hybridized carbons (Fsp3) is 0.692. The van der Waals surface area contributed by atoms with Gasteiger partial charge in [-0.3, -0.25) is 9.48 Å². The summed E-state index contributed by atoms with van der Waals surface area (Å²) < 4.78 is 1.56. The second-order valence-corrected chi connectivity index (χ2v) is 5.40. The van der Waals surface area contributed by atoms with E-state index in [4.69, 9.17) is 5.73 Å². The monoisotopic (exact) mass is 250 g/mol. The molecule has 1 heterocycles. The summed E-state index contributed by atoms with van der Waals surface area (Å²) >= 11 is 0. The minimum absolute atomic E-state index is 0.141. The highest BCUT2D eigenvalue weighted by Crippen LogP contribution is 2.28. The van der Waals surface area contributed by atoms with Gasteiger partial charge < -0.3 is 11.1 Å². The van der Waals surface area contributed by atoms with E-state index in [1.165, 1.54) is 25.7 Å². The molecule has 0 aromatic carbocycles. The summed E-state index contributed by atoms with van der Waals surface area (Å²) in [6.07, 6.45) is 8.87. The van der Waals surface area contributed by atoms with Gasteiger partial charge in [-0.05, 0) is 24.7 Å². The molecule has 1 aliphatic carbocycles. The zero-order chi connectivity index (χ0) is 13.0. The van der Waals surface area contributed by atoms with Crippen molar-refractivity contribution in [1.29, 1.82) is 0 Å². The van der Waals surface area contributed by atoms with E-state index in [2.05, 4.69) is 17.3 Å². The molecule has 1 saturated carbocycles. The van der Waals surface area contributed by atoms with Crippen molar-refractivity contribution in [2.45, 2.75) is 39.2 Å². The van der Waals surface area contributed by atoms with Crippen LogP contribution in [0.1, 0.15) is 32.6 Å². The molecule has 1 aromatic heterocycles. The first-order valence-electron chi connectivity index (χ1n) is 6.68. The summed E-state index contributed by atoms with van der Waals surface area (Å²) in [5.41, 5.74) is 6.08. The maximum Gasteiger partial charge on any atom is 0.239 e. The van der Waals surface area contributed by atoms with Crippen LogP contribution in [0.4, 0.5) is 5.69 Å². The lowest BCUT2D eigenvalue weighted by Gasteiger charge is -2.26. The normalized spacial score (nSPS) is 23.8. The van der Waals surface area contributed by atoms with Crippen molar-refractivity contribution in [3.8, 4) is 0 Å². The van der Waals surface area contributed by atoms with E-state index in [0.717, 1.165) is 24.1 Å². The molecule has 0 radical (unpaired) electrons. The Morgan fingerprint density at radius 1 is 1.50 bits per heavy atom. The first kappa shape index (κ1) is 12.9. The van der Waals surface area contributed by atoms with Crippen molar-refractivity contribution in [3.05, 3.63) is 12.4 Å². The number of hydrogen-bond acceptors (Lipinski definition) is 3. The van der Waals surface area contributed by atoms with Gasteiger partial charge in [-0.1, -0.05) is 19.8 Å². The largest absolute Gasteiger partial charge is 0.382 e. The summed E-state index contributed by atoms with van der Waals surface area (Å²) in [7, 11) is 0. The Morgan fingerprint density at radius 2 is 2.22 bits per heavy atom. The Labute approximate surface area is 108 Å². The molecule has 0 bridgehead atoms. The summed E-state index contributed by atoms with van der Waals surface area (Å²) in [5.74, 6) is 1.28. The molecule has 18 heavy (non-hydrogen) atoms. The number of primary amides is 1. The summed E-state index contributed by atoms with van der Waals surface area (Å²) in [5, 5.41) is 7.47. The van der Waals surface area contributed by atoms with Crippen molar-refractivity contribution in [3.63, 3.8) is 0 Å². The molecular weight excluding hydrogens is 228 g/mol. The quantitative estimate of drug-likeness (QED) is 0.833. The van der Waals surface area contributed by atoms with Crippen LogP contribution in [0.2, 0.25) is 0 Å². The van der Waals surface area contributed by atoms with Gasteiger partial charge in [0, 0.05) is 12.7 Å². The molecule has 3 N–H and O–H groups in total. The van der Waals surface area contributed by atoms with E-state index >= 15 is 0 Å². The van der Waals surface area contributed by atoms with Gasteiger partial charge in [0.2, 0.25) is 5.91 Å². The van der Waals surface area contributed by atoms with Crippen LogP contribution in [-0.2, 0) is 11.3 Å². The van der Waals surface area contributed by atoms with Gasteiger partial charge in [0.05, 0.1) is 11.9 Å². The van der Waals surface area contributed by atoms with Crippen molar-refractivity contribution in [2.75, 3.05) is 11.9 Å². The molecule has 0 unspecified atom stereocenters. The average molecular weight is 250 g/mol. The van der Waals surface area contributed by atoms with Gasteiger partial charge in [0.15, 0.2) is 0 Å². The SMILES string of the molecule is CC1CCC(CNc2cnn(CC(N)=O)c2)CC1. The third kappa shape index (κ3) is 3.75. The number of carbonyl (C=O) groups is 1. The molecule has 1 fully saturated rings. The maximum atomic E-state index is 10.8. The lowest BCUT2D eigenvalue weighted by Crippen LogP contribution is -2.20. The molecular formula is C13H22N4O. The van der Waals surface area contributed by atoms with Crippen LogP contribution in [0.25, 0.3) is 0 Å². The molecule has 0 spiro atoms. The van der Waals surface area contributed by atoms with Crippen LogP contribution in [-0.4, -0.2) is 22.2 Å². The minimum Gasteiger partial charge on any atom is -0.382 e. The van der Waals surface area contributed by atoms with Crippen molar-refractivity contribution < 1.29 is 4.79 Å². The first-order chi connectivity index (χ1) is 8.63. The van der Waals surface area contributed by atoms with E-state index in [1.807, 2.05) is 6.20 Å². The molecule has 1 amide bonds. The molecule has 5 nitrogen and oxygen atoms in total. The molecule has 2 rings (SSSR count). The Balaban J connectivity index is 1.76. The third-order valence-electron chi connectivity index (χ3n) is 3.68. The second kappa shape index (κ2) is 5.89. The molecule has 0 aliphatic heterocycles. The third-order valence-corrected chi connectivity index (χ3v) is 3.68. The first-order valence-corrected chi connectivity index (χ1v) is 6.68. The molecule has 5 heteroatoms. The van der Waals surface area contributed by atoms with Crippen molar-refractivity contribution in [2.24, 2.45) is 17.6 Å². The van der Waals surface area contributed by atoms with E-state index in [-0.39, 0.29) is 12.5 Å². The van der Waals surface area contributed by atoms with Crippen LogP contribution in [0, 0.1) is 11.8 Å². The van der Waals surface area contributed by atoms with E-state index in [9.17, 15) is 4.79 Å². The summed E-state index contributed by atoms with van der Waals surface area (Å²) in [6, 6.07) is 0. The smallest absolute Gasteiger partial charge is 0.239 e. The van der Waals surface area contributed by atoms with E-state index in [0.29, 0.717) is 0 Å². The van der Waals surface area contributed by atoms with Crippen molar-refractivity contribution >= 4 is 11.6 Å². The lowest BCUT2D eigenvalue weighted by atomic mass is 9.83. The maximum absolute atomic E-state index is 10.8. The average Bonchev–Trinajstić information content (AvgIpc) is 2.75. The highest BCUT2D eigenvalue weighted by atomic mass is 16.1. The number of anilines is 1. The number of aromatic nitrogens is 2. The van der Waals surface area contributed by atoms with Crippen molar-refractivity contribution in [1.82, 2.24) is 9.78 Å². The fourth-order valence-corrected chi connectivity index (χ4v) is 2.50. The zero-order valence-corrected chi connectivity index (χ0v) is 10.9. The van der Waals surface area contributed by atoms with Gasteiger partial charge in [0.1, 0.15) is 6.54 Å². The number of rotatable bonds is 5. The fourth-order valence-electron chi connectivity index (χ4n) is 2.50. The van der Waals surface area contributed by atoms with Crippen LogP contribution < -0.4 is 11.1 Å². The number of carbonyl (C=O) groups excluding carboxylic acids is 1. The Bertz CT molecular complexity index is 393. The van der Waals surface area contributed by atoms with Gasteiger partial charge in [-0.15, -0.1) is 0 Å². The van der Waals surface area contributed by atoms with Crippen LogP contribution in [0.3, 0.4) is 0 Å². The molecule has 100 valence electrons. The van der Waals surface area contributed by atoms with Gasteiger partial charge in [-0.25, -0.2) is 0 Å². The highest BCUT2D eigenvalue weighted by Gasteiger charge is 2.17. The molecule has 1 aliphatic rings. The lowest BCUT2D eigenvalue weighted by molar-refractivity contribution is -0.118. The number of nitrogens with zero attached hydrogens (tertiary/aromatic N) is 2. The zero-order valence-electron chi connectivity index (χ0n) is 10.9. The Hall–Kier alpha value is -1.52. The predicted octanol–water partition coefficient (Wildman–Crippen LogP) is 1.61. The molecule has 0 saturated heterocycles. The van der Waals surface area contributed by atoms with Gasteiger partial charge >= 0.3 is 0 Å². The van der Waals surface area contributed by atoms with Crippen LogP contribution >= 0.6 is 0 Å². The Kier molecular flexibility index (Phi) is 4.23. The predicted molar refractivity (Wildman–Crippen MR) is 71.0 cm³/mol. The van der Waals surface area contributed by atoms with E-state index in [1.54, 1.807) is 10.9 Å². The highest BCUT2D eigenvalue weighted by molar-refractivity contribution is 5.73. The summed E-state index contributed by atoms with van der Waals surface area (Å²) in [6.45, 7) is 3.47. The van der Waals surface area contributed by atoms with Crippen LogP contribution in [0.5, 0.6) is 0 Å². The number of hydrogen-bond donors (Lipinski definition) is 2. The van der Waals surface area contributed by atoms with E-state index < -0.39 is 0 Å². The van der Waals surface area contributed by atoms with Crippen LogP contribution in [0.15, 0.2) is 12.4 Å². The summed E-state index contributed by atoms with van der Waals surface area (Å²) in [4.78, 5) is 10.8. The molecule has 0 atom stereocenters. The van der Waals surface area contributed by atoms with Gasteiger partial charge in [-0.2, -0.15) is 5.10 Å². The standard InChI is InChI=1S/C13H22N4O/c1-10-2-4-11(5-3-10)6-15-12-7-16-17(8-12)9-13(14)18/h7-8,10-11,15H,2-6,9H2,1H3,(H2,14,18). The Morgan fingerprint density at radius 3 is 2.89 bits per heavy atom.